The van der Waals surface area contributed by atoms with E-state index in [4.69, 9.17) is 10.6 Å². The summed E-state index contributed by atoms with van der Waals surface area (Å²) in [6.07, 6.45) is -3.88. The SMILES string of the molecule is NNC(c1cccc(OC(F)(F)F)c1)C1CCOC1. The molecule has 1 saturated heterocycles. The second-order valence-corrected chi connectivity index (χ2v) is 4.39. The number of alkyl halides is 3. The van der Waals surface area contributed by atoms with Crippen LogP contribution in [0.3, 0.4) is 0 Å². The van der Waals surface area contributed by atoms with Crippen LogP contribution in [0, 0.1) is 5.92 Å². The predicted molar refractivity (Wildman–Crippen MR) is 62.1 cm³/mol. The molecule has 0 saturated carbocycles. The van der Waals surface area contributed by atoms with E-state index in [-0.39, 0.29) is 17.7 Å². The van der Waals surface area contributed by atoms with Crippen molar-refractivity contribution in [2.45, 2.75) is 18.8 Å². The molecule has 0 spiro atoms. The van der Waals surface area contributed by atoms with Crippen LogP contribution in [-0.4, -0.2) is 19.6 Å². The lowest BCUT2D eigenvalue weighted by molar-refractivity contribution is -0.274. The molecule has 0 aliphatic carbocycles. The van der Waals surface area contributed by atoms with Crippen molar-refractivity contribution >= 4 is 0 Å². The van der Waals surface area contributed by atoms with Crippen LogP contribution in [0.2, 0.25) is 0 Å². The van der Waals surface area contributed by atoms with Gasteiger partial charge in [-0.15, -0.1) is 13.2 Å². The third-order valence-corrected chi connectivity index (χ3v) is 3.07. The normalized spacial score (nSPS) is 21.4. The molecule has 0 radical (unpaired) electrons. The summed E-state index contributed by atoms with van der Waals surface area (Å²) in [5.74, 6) is 5.39. The quantitative estimate of drug-likeness (QED) is 0.653. The Morgan fingerprint density at radius 3 is 2.79 bits per heavy atom. The van der Waals surface area contributed by atoms with Gasteiger partial charge in [0.2, 0.25) is 0 Å². The van der Waals surface area contributed by atoms with E-state index >= 15 is 0 Å². The highest BCUT2D eigenvalue weighted by Gasteiger charge is 2.32. The molecule has 0 aromatic heterocycles. The van der Waals surface area contributed by atoms with Gasteiger partial charge in [-0.05, 0) is 24.1 Å². The van der Waals surface area contributed by atoms with Crippen LogP contribution < -0.4 is 16.0 Å². The lowest BCUT2D eigenvalue weighted by Gasteiger charge is -2.22. The molecule has 106 valence electrons. The van der Waals surface area contributed by atoms with Crippen LogP contribution in [0.15, 0.2) is 24.3 Å². The Labute approximate surface area is 108 Å². The van der Waals surface area contributed by atoms with Crippen molar-refractivity contribution in [2.24, 2.45) is 11.8 Å². The van der Waals surface area contributed by atoms with Gasteiger partial charge in [0.25, 0.3) is 0 Å². The molecule has 2 atom stereocenters. The van der Waals surface area contributed by atoms with Crippen LogP contribution in [0.4, 0.5) is 13.2 Å². The van der Waals surface area contributed by atoms with Gasteiger partial charge in [0.1, 0.15) is 5.75 Å². The molecule has 3 N–H and O–H groups in total. The minimum atomic E-state index is -4.69. The van der Waals surface area contributed by atoms with Gasteiger partial charge in [-0.2, -0.15) is 0 Å². The van der Waals surface area contributed by atoms with E-state index in [2.05, 4.69) is 10.2 Å². The Hall–Kier alpha value is -1.31. The topological polar surface area (TPSA) is 56.5 Å². The Bertz CT molecular complexity index is 420. The first kappa shape index (κ1) is 14.1. The number of benzene rings is 1. The molecule has 2 unspecified atom stereocenters. The average molecular weight is 276 g/mol. The molecule has 0 amide bonds. The molecule has 0 bridgehead atoms. The highest BCUT2D eigenvalue weighted by atomic mass is 19.4. The largest absolute Gasteiger partial charge is 0.573 e. The van der Waals surface area contributed by atoms with E-state index in [0.29, 0.717) is 18.8 Å². The third-order valence-electron chi connectivity index (χ3n) is 3.07. The van der Waals surface area contributed by atoms with Crippen molar-refractivity contribution in [3.05, 3.63) is 29.8 Å². The fraction of sp³-hybridized carbons (Fsp3) is 0.500. The Balaban J connectivity index is 2.16. The zero-order chi connectivity index (χ0) is 13.9. The fourth-order valence-electron chi connectivity index (χ4n) is 2.23. The molecule has 1 aliphatic rings. The predicted octanol–water partition coefficient (Wildman–Crippen LogP) is 2.13. The zero-order valence-electron chi connectivity index (χ0n) is 10.1. The van der Waals surface area contributed by atoms with Gasteiger partial charge < -0.3 is 9.47 Å². The summed E-state index contributed by atoms with van der Waals surface area (Å²) in [5.41, 5.74) is 3.29. The average Bonchev–Trinajstić information content (AvgIpc) is 2.82. The molecular weight excluding hydrogens is 261 g/mol. The standard InChI is InChI=1S/C12H15F3N2O2/c13-12(14,15)19-10-3-1-2-8(6-10)11(17-16)9-4-5-18-7-9/h1-3,6,9,11,17H,4-5,7,16H2. The number of nitrogens with one attached hydrogen (secondary N) is 1. The summed E-state index contributed by atoms with van der Waals surface area (Å²) in [6, 6.07) is 5.58. The zero-order valence-corrected chi connectivity index (χ0v) is 10.1. The molecule has 1 aromatic rings. The van der Waals surface area contributed by atoms with Crippen LogP contribution in [0.25, 0.3) is 0 Å². The van der Waals surface area contributed by atoms with Gasteiger partial charge in [0, 0.05) is 12.5 Å². The van der Waals surface area contributed by atoms with Crippen LogP contribution in [0.1, 0.15) is 18.0 Å². The maximum absolute atomic E-state index is 12.2. The first-order valence-electron chi connectivity index (χ1n) is 5.89. The second-order valence-electron chi connectivity index (χ2n) is 4.39. The first-order valence-corrected chi connectivity index (χ1v) is 5.89. The van der Waals surface area contributed by atoms with Crippen LogP contribution in [-0.2, 0) is 4.74 Å². The minimum Gasteiger partial charge on any atom is -0.406 e. The van der Waals surface area contributed by atoms with Gasteiger partial charge in [-0.3, -0.25) is 11.3 Å². The summed E-state index contributed by atoms with van der Waals surface area (Å²) in [7, 11) is 0. The van der Waals surface area contributed by atoms with Gasteiger partial charge in [0.05, 0.1) is 12.6 Å². The molecule has 1 fully saturated rings. The molecule has 4 nitrogen and oxygen atoms in total. The second kappa shape index (κ2) is 5.77. The number of hydrogen-bond donors (Lipinski definition) is 2. The van der Waals surface area contributed by atoms with Crippen molar-refractivity contribution in [1.29, 1.82) is 0 Å². The fourth-order valence-corrected chi connectivity index (χ4v) is 2.23. The molecule has 19 heavy (non-hydrogen) atoms. The summed E-state index contributed by atoms with van der Waals surface area (Å²) < 4.78 is 45.7. The summed E-state index contributed by atoms with van der Waals surface area (Å²) in [5, 5.41) is 0. The maximum Gasteiger partial charge on any atom is 0.573 e. The summed E-state index contributed by atoms with van der Waals surface area (Å²) in [4.78, 5) is 0. The smallest absolute Gasteiger partial charge is 0.406 e. The molecule has 1 heterocycles. The van der Waals surface area contributed by atoms with Gasteiger partial charge in [0.15, 0.2) is 0 Å². The van der Waals surface area contributed by atoms with E-state index in [9.17, 15) is 13.2 Å². The Morgan fingerprint density at radius 1 is 1.42 bits per heavy atom. The van der Waals surface area contributed by atoms with E-state index in [1.54, 1.807) is 6.07 Å². The lowest BCUT2D eigenvalue weighted by Crippen LogP contribution is -2.33. The number of rotatable bonds is 4. The number of nitrogens with two attached hydrogens (primary N) is 1. The van der Waals surface area contributed by atoms with E-state index in [1.165, 1.54) is 18.2 Å². The first-order chi connectivity index (χ1) is 8.99. The van der Waals surface area contributed by atoms with Crippen molar-refractivity contribution in [3.63, 3.8) is 0 Å². The van der Waals surface area contributed by atoms with Gasteiger partial charge in [-0.25, -0.2) is 0 Å². The number of hydrazine groups is 1. The molecular formula is C12H15F3N2O2. The van der Waals surface area contributed by atoms with Gasteiger partial charge in [-0.1, -0.05) is 12.1 Å². The van der Waals surface area contributed by atoms with Crippen molar-refractivity contribution in [2.75, 3.05) is 13.2 Å². The third kappa shape index (κ3) is 3.82. The van der Waals surface area contributed by atoms with Crippen LogP contribution in [0.5, 0.6) is 5.75 Å². The summed E-state index contributed by atoms with van der Waals surface area (Å²) in [6.45, 7) is 1.18. The maximum atomic E-state index is 12.2. The lowest BCUT2D eigenvalue weighted by atomic mass is 9.93. The molecule has 1 aromatic carbocycles. The number of ether oxygens (including phenoxy) is 2. The van der Waals surface area contributed by atoms with Crippen molar-refractivity contribution in [1.82, 2.24) is 5.43 Å². The monoisotopic (exact) mass is 276 g/mol. The van der Waals surface area contributed by atoms with E-state index in [1.807, 2.05) is 0 Å². The van der Waals surface area contributed by atoms with Crippen molar-refractivity contribution < 1.29 is 22.6 Å². The number of hydrogen-bond acceptors (Lipinski definition) is 4. The van der Waals surface area contributed by atoms with Crippen molar-refractivity contribution in [3.8, 4) is 5.75 Å². The Morgan fingerprint density at radius 2 is 2.21 bits per heavy atom. The molecule has 7 heteroatoms. The highest BCUT2D eigenvalue weighted by Crippen LogP contribution is 2.31. The van der Waals surface area contributed by atoms with E-state index < -0.39 is 6.36 Å². The van der Waals surface area contributed by atoms with Crippen LogP contribution >= 0.6 is 0 Å². The van der Waals surface area contributed by atoms with Gasteiger partial charge >= 0.3 is 6.36 Å². The summed E-state index contributed by atoms with van der Waals surface area (Å²) >= 11 is 0. The highest BCUT2D eigenvalue weighted by molar-refractivity contribution is 5.31. The van der Waals surface area contributed by atoms with E-state index in [0.717, 1.165) is 6.42 Å². The Kier molecular flexibility index (Phi) is 4.28. The molecule has 1 aliphatic heterocycles. The molecule has 2 rings (SSSR count). The number of halogens is 3. The minimum absolute atomic E-state index is 0.145.